The van der Waals surface area contributed by atoms with Crippen molar-refractivity contribution in [1.82, 2.24) is 0 Å². The zero-order valence-corrected chi connectivity index (χ0v) is 12.7. The predicted molar refractivity (Wildman–Crippen MR) is 78.4 cm³/mol. The fraction of sp³-hybridized carbons (Fsp3) is 0.500. The molecule has 1 atom stereocenters. The third kappa shape index (κ3) is 3.73. The van der Waals surface area contributed by atoms with Crippen molar-refractivity contribution in [2.45, 2.75) is 27.2 Å². The van der Waals surface area contributed by atoms with Gasteiger partial charge in [0.1, 0.15) is 0 Å². The average Bonchev–Trinajstić information content (AvgIpc) is 2.34. The number of hydrogen-bond acceptors (Lipinski definition) is 2. The van der Waals surface area contributed by atoms with Crippen molar-refractivity contribution in [3.8, 4) is 0 Å². The van der Waals surface area contributed by atoms with Gasteiger partial charge in [-0.25, -0.2) is 4.79 Å². The Bertz CT molecular complexity index is 420. The first-order chi connectivity index (χ1) is 8.49. The molecule has 1 aromatic carbocycles. The molecule has 0 saturated heterocycles. The molecule has 1 aromatic rings. The first-order valence-corrected chi connectivity index (χ1v) is 7.06. The molecule has 100 valence electrons. The summed E-state index contributed by atoms with van der Waals surface area (Å²) in [6.45, 7) is 8.43. The highest BCUT2D eigenvalue weighted by atomic mass is 79.9. The van der Waals surface area contributed by atoms with E-state index in [-0.39, 0.29) is 0 Å². The maximum absolute atomic E-state index is 11.0. The lowest BCUT2D eigenvalue weighted by atomic mass is 10.1. The smallest absolute Gasteiger partial charge is 0.336 e. The van der Waals surface area contributed by atoms with Crippen LogP contribution in [0.25, 0.3) is 0 Å². The maximum atomic E-state index is 11.0. The molecule has 0 heterocycles. The standard InChI is InChI=1S/C14H20BrNO2/c1-4-10(3)9-16(5-2)11-6-7-12(14(17)18)13(15)8-11/h6-8,10H,4-5,9H2,1-3H3,(H,17,18). The Morgan fingerprint density at radius 1 is 1.44 bits per heavy atom. The summed E-state index contributed by atoms with van der Waals surface area (Å²) in [5.74, 6) is -0.277. The minimum Gasteiger partial charge on any atom is -0.478 e. The van der Waals surface area contributed by atoms with Crippen LogP contribution in [0.15, 0.2) is 22.7 Å². The Kier molecular flexibility index (Phi) is 5.66. The van der Waals surface area contributed by atoms with Crippen molar-refractivity contribution in [3.63, 3.8) is 0 Å². The third-order valence-electron chi connectivity index (χ3n) is 3.16. The first kappa shape index (κ1) is 15.0. The molecular weight excluding hydrogens is 294 g/mol. The maximum Gasteiger partial charge on any atom is 0.336 e. The summed E-state index contributed by atoms with van der Waals surface area (Å²) in [5, 5.41) is 8.99. The van der Waals surface area contributed by atoms with Crippen LogP contribution in [-0.4, -0.2) is 24.2 Å². The summed E-state index contributed by atoms with van der Waals surface area (Å²) < 4.78 is 0.634. The van der Waals surface area contributed by atoms with Crippen molar-refractivity contribution in [3.05, 3.63) is 28.2 Å². The van der Waals surface area contributed by atoms with E-state index in [9.17, 15) is 4.79 Å². The highest BCUT2D eigenvalue weighted by molar-refractivity contribution is 9.10. The number of anilines is 1. The second-order valence-electron chi connectivity index (χ2n) is 4.52. The van der Waals surface area contributed by atoms with E-state index in [0.717, 1.165) is 25.2 Å². The van der Waals surface area contributed by atoms with E-state index in [1.807, 2.05) is 12.1 Å². The lowest BCUT2D eigenvalue weighted by molar-refractivity contribution is 0.0696. The zero-order chi connectivity index (χ0) is 13.7. The molecule has 0 aliphatic carbocycles. The van der Waals surface area contributed by atoms with Crippen LogP contribution in [-0.2, 0) is 0 Å². The molecule has 1 rings (SSSR count). The lowest BCUT2D eigenvalue weighted by Gasteiger charge is -2.26. The van der Waals surface area contributed by atoms with E-state index in [1.165, 1.54) is 0 Å². The van der Waals surface area contributed by atoms with Crippen LogP contribution in [0.4, 0.5) is 5.69 Å². The molecular formula is C14H20BrNO2. The van der Waals surface area contributed by atoms with Gasteiger partial charge in [0, 0.05) is 23.2 Å². The number of nitrogens with zero attached hydrogens (tertiary/aromatic N) is 1. The van der Waals surface area contributed by atoms with Crippen molar-refractivity contribution in [1.29, 1.82) is 0 Å². The molecule has 4 heteroatoms. The SMILES string of the molecule is CCC(C)CN(CC)c1ccc(C(=O)O)c(Br)c1. The van der Waals surface area contributed by atoms with Gasteiger partial charge in [-0.3, -0.25) is 0 Å². The van der Waals surface area contributed by atoms with Crippen LogP contribution in [0.1, 0.15) is 37.6 Å². The molecule has 0 aliphatic rings. The molecule has 0 radical (unpaired) electrons. The van der Waals surface area contributed by atoms with Gasteiger partial charge in [-0.15, -0.1) is 0 Å². The summed E-state index contributed by atoms with van der Waals surface area (Å²) in [5.41, 5.74) is 1.37. The fourth-order valence-corrected chi connectivity index (χ4v) is 2.33. The number of halogens is 1. The minimum absolute atomic E-state index is 0.304. The van der Waals surface area contributed by atoms with Crippen molar-refractivity contribution in [2.75, 3.05) is 18.0 Å². The summed E-state index contributed by atoms with van der Waals surface area (Å²) in [6, 6.07) is 5.41. The molecule has 0 fully saturated rings. The number of carboxylic acid groups (broad SMARTS) is 1. The number of benzene rings is 1. The Balaban J connectivity index is 2.94. The summed E-state index contributed by atoms with van der Waals surface area (Å²) in [6.07, 6.45) is 1.14. The Morgan fingerprint density at radius 3 is 2.56 bits per heavy atom. The first-order valence-electron chi connectivity index (χ1n) is 6.27. The fourth-order valence-electron chi connectivity index (χ4n) is 1.80. The van der Waals surface area contributed by atoms with E-state index < -0.39 is 5.97 Å². The van der Waals surface area contributed by atoms with E-state index >= 15 is 0 Å². The van der Waals surface area contributed by atoms with Gasteiger partial charge in [0.15, 0.2) is 0 Å². The molecule has 1 N–H and O–H groups in total. The van der Waals surface area contributed by atoms with Crippen LogP contribution < -0.4 is 4.90 Å². The van der Waals surface area contributed by atoms with Gasteiger partial charge in [0.25, 0.3) is 0 Å². The van der Waals surface area contributed by atoms with Gasteiger partial charge in [-0.2, -0.15) is 0 Å². The normalized spacial score (nSPS) is 12.2. The summed E-state index contributed by atoms with van der Waals surface area (Å²) in [4.78, 5) is 13.2. The van der Waals surface area contributed by atoms with Gasteiger partial charge >= 0.3 is 5.97 Å². The molecule has 0 bridgehead atoms. The average molecular weight is 314 g/mol. The molecule has 0 aliphatic heterocycles. The molecule has 0 saturated carbocycles. The number of carbonyl (C=O) groups is 1. The Morgan fingerprint density at radius 2 is 2.11 bits per heavy atom. The third-order valence-corrected chi connectivity index (χ3v) is 3.82. The number of aromatic carboxylic acids is 1. The zero-order valence-electron chi connectivity index (χ0n) is 11.1. The second-order valence-corrected chi connectivity index (χ2v) is 5.38. The lowest BCUT2D eigenvalue weighted by Crippen LogP contribution is -2.28. The van der Waals surface area contributed by atoms with Gasteiger partial charge < -0.3 is 10.0 Å². The van der Waals surface area contributed by atoms with Gasteiger partial charge in [0.05, 0.1) is 5.56 Å². The number of rotatable bonds is 6. The summed E-state index contributed by atoms with van der Waals surface area (Å²) >= 11 is 3.32. The van der Waals surface area contributed by atoms with Crippen molar-refractivity contribution < 1.29 is 9.90 Å². The van der Waals surface area contributed by atoms with E-state index in [1.54, 1.807) is 6.07 Å². The van der Waals surface area contributed by atoms with Crippen molar-refractivity contribution >= 4 is 27.6 Å². The molecule has 0 amide bonds. The van der Waals surface area contributed by atoms with E-state index in [4.69, 9.17) is 5.11 Å². The topological polar surface area (TPSA) is 40.5 Å². The molecule has 0 aromatic heterocycles. The monoisotopic (exact) mass is 313 g/mol. The van der Waals surface area contributed by atoms with Crippen LogP contribution in [0.2, 0.25) is 0 Å². The molecule has 1 unspecified atom stereocenters. The minimum atomic E-state index is -0.904. The molecule has 0 spiro atoms. The van der Waals surface area contributed by atoms with Crippen LogP contribution in [0, 0.1) is 5.92 Å². The second kappa shape index (κ2) is 6.78. The molecule has 18 heavy (non-hydrogen) atoms. The summed E-state index contributed by atoms with van der Waals surface area (Å²) in [7, 11) is 0. The largest absolute Gasteiger partial charge is 0.478 e. The predicted octanol–water partition coefficient (Wildman–Crippen LogP) is 4.02. The number of hydrogen-bond donors (Lipinski definition) is 1. The highest BCUT2D eigenvalue weighted by Crippen LogP contribution is 2.25. The van der Waals surface area contributed by atoms with Gasteiger partial charge in [-0.05, 0) is 47.0 Å². The highest BCUT2D eigenvalue weighted by Gasteiger charge is 2.12. The van der Waals surface area contributed by atoms with Crippen molar-refractivity contribution in [2.24, 2.45) is 5.92 Å². The van der Waals surface area contributed by atoms with Gasteiger partial charge in [-0.1, -0.05) is 20.3 Å². The number of carboxylic acids is 1. The quantitative estimate of drug-likeness (QED) is 0.862. The molecule has 3 nitrogen and oxygen atoms in total. The Hall–Kier alpha value is -1.03. The van der Waals surface area contributed by atoms with Crippen LogP contribution in [0.3, 0.4) is 0 Å². The Labute approximate surface area is 117 Å². The van der Waals surface area contributed by atoms with E-state index in [2.05, 4.69) is 41.6 Å². The van der Waals surface area contributed by atoms with Crippen LogP contribution in [0.5, 0.6) is 0 Å². The van der Waals surface area contributed by atoms with E-state index in [0.29, 0.717) is 16.0 Å². The van der Waals surface area contributed by atoms with Gasteiger partial charge in [0.2, 0.25) is 0 Å². The van der Waals surface area contributed by atoms with Crippen LogP contribution >= 0.6 is 15.9 Å².